The molecule has 2 rings (SSSR count). The van der Waals surface area contributed by atoms with Crippen molar-refractivity contribution in [2.75, 3.05) is 13.7 Å². The van der Waals surface area contributed by atoms with Crippen LogP contribution in [0.25, 0.3) is 16.5 Å². The molecule has 2 unspecified atom stereocenters. The van der Waals surface area contributed by atoms with E-state index in [1.807, 2.05) is 19.9 Å². The largest absolute Gasteiger partial charge is 0.463 e. The number of nitrogens with zero attached hydrogens (tertiary/aromatic N) is 1. The molecule has 1 aromatic carbocycles. The van der Waals surface area contributed by atoms with Gasteiger partial charge < -0.3 is 15.2 Å². The number of ether oxygens (including phenoxy) is 2. The molecule has 1 aromatic heterocycles. The van der Waals surface area contributed by atoms with E-state index in [-0.39, 0.29) is 18.2 Å². The second-order valence-electron chi connectivity index (χ2n) is 8.60. The van der Waals surface area contributed by atoms with E-state index in [1.165, 1.54) is 19.1 Å². The van der Waals surface area contributed by atoms with Crippen LogP contribution in [0.15, 0.2) is 35.4 Å². The molecule has 2 atom stereocenters. The summed E-state index contributed by atoms with van der Waals surface area (Å²) in [6, 6.07) is 4.56. The van der Waals surface area contributed by atoms with Gasteiger partial charge >= 0.3 is 0 Å². The third-order valence-electron chi connectivity index (χ3n) is 6.23. The highest BCUT2D eigenvalue weighted by atomic mass is 19.1. The van der Waals surface area contributed by atoms with E-state index in [4.69, 9.17) is 20.2 Å². The van der Waals surface area contributed by atoms with Crippen LogP contribution in [-0.4, -0.2) is 37.1 Å². The predicted molar refractivity (Wildman–Crippen MR) is 133 cm³/mol. The van der Waals surface area contributed by atoms with Gasteiger partial charge in [0.15, 0.2) is 5.78 Å². The Morgan fingerprint density at radius 3 is 2.50 bits per heavy atom. The Morgan fingerprint density at radius 2 is 1.94 bits per heavy atom. The lowest BCUT2D eigenvalue weighted by Gasteiger charge is -2.21. The quantitative estimate of drug-likeness (QED) is 0.269. The summed E-state index contributed by atoms with van der Waals surface area (Å²) in [5.41, 5.74) is 11.1. The van der Waals surface area contributed by atoms with Crippen molar-refractivity contribution in [1.29, 1.82) is 0 Å². The van der Waals surface area contributed by atoms with Crippen LogP contribution in [0.2, 0.25) is 0 Å². The Labute approximate surface area is 201 Å². The van der Waals surface area contributed by atoms with Gasteiger partial charge in [-0.25, -0.2) is 9.37 Å². The lowest BCUT2D eigenvalue weighted by atomic mass is 9.88. The molecule has 0 spiro atoms. The minimum Gasteiger partial charge on any atom is -0.463 e. The maximum Gasteiger partial charge on any atom is 0.293 e. The molecule has 34 heavy (non-hydrogen) atoms. The van der Waals surface area contributed by atoms with Crippen molar-refractivity contribution < 1.29 is 23.5 Å². The number of rotatable bonds is 12. The summed E-state index contributed by atoms with van der Waals surface area (Å²) in [4.78, 5) is 28.0. The van der Waals surface area contributed by atoms with Gasteiger partial charge in [0.25, 0.3) is 6.47 Å². The van der Waals surface area contributed by atoms with Crippen LogP contribution < -0.4 is 5.73 Å². The van der Waals surface area contributed by atoms with Gasteiger partial charge in [-0.1, -0.05) is 26.3 Å². The Bertz CT molecular complexity index is 1110. The molecule has 1 heterocycles. The van der Waals surface area contributed by atoms with Crippen molar-refractivity contribution in [3.63, 3.8) is 0 Å². The van der Waals surface area contributed by atoms with Crippen molar-refractivity contribution in [3.8, 4) is 0 Å². The Morgan fingerprint density at radius 1 is 1.24 bits per heavy atom. The number of carbonyl (C=O) groups is 2. The highest BCUT2D eigenvalue weighted by molar-refractivity contribution is 5.95. The minimum atomic E-state index is -0.436. The number of pyridine rings is 1. The van der Waals surface area contributed by atoms with Crippen LogP contribution in [0.1, 0.15) is 57.9 Å². The number of carbonyl (C=O) groups excluding carboxylic acids is 2. The van der Waals surface area contributed by atoms with Gasteiger partial charge in [0.1, 0.15) is 12.4 Å². The number of halogens is 1. The zero-order valence-electron chi connectivity index (χ0n) is 20.9. The number of hydrogen-bond acceptors (Lipinski definition) is 6. The van der Waals surface area contributed by atoms with Gasteiger partial charge in [0.2, 0.25) is 0 Å². The number of hydrogen-bond donors (Lipinski definition) is 1. The van der Waals surface area contributed by atoms with E-state index < -0.39 is 6.10 Å². The molecule has 0 aliphatic rings. The van der Waals surface area contributed by atoms with Crippen LogP contribution in [0, 0.1) is 11.7 Å². The molecule has 184 valence electrons. The van der Waals surface area contributed by atoms with Gasteiger partial charge in [-0.15, -0.1) is 0 Å². The first-order chi connectivity index (χ1) is 16.2. The first-order valence-electron chi connectivity index (χ1n) is 11.5. The molecular weight excluding hydrogens is 435 g/mol. The maximum absolute atomic E-state index is 14.1. The van der Waals surface area contributed by atoms with Crippen LogP contribution in [0.4, 0.5) is 4.39 Å². The average Bonchev–Trinajstić information content (AvgIpc) is 2.81. The van der Waals surface area contributed by atoms with E-state index in [2.05, 4.69) is 13.8 Å². The molecule has 6 nitrogen and oxygen atoms in total. The second-order valence-corrected chi connectivity index (χ2v) is 8.60. The van der Waals surface area contributed by atoms with E-state index in [0.717, 1.165) is 34.9 Å². The number of ketones is 1. The normalized spacial score (nSPS) is 14.5. The van der Waals surface area contributed by atoms with E-state index in [0.29, 0.717) is 41.3 Å². The van der Waals surface area contributed by atoms with Crippen molar-refractivity contribution in [1.82, 2.24) is 4.98 Å². The molecular formula is C27H35FN2O4. The number of aromatic nitrogens is 1. The highest BCUT2D eigenvalue weighted by Gasteiger charge is 2.21. The number of allylic oxidation sites excluding steroid dienone is 1. The smallest absolute Gasteiger partial charge is 0.293 e. The molecule has 0 bridgehead atoms. The van der Waals surface area contributed by atoms with Gasteiger partial charge in [-0.2, -0.15) is 0 Å². The average molecular weight is 471 g/mol. The summed E-state index contributed by atoms with van der Waals surface area (Å²) in [6.07, 6.45) is 3.15. The molecule has 0 radical (unpaired) electrons. The fraction of sp³-hybridized carbons (Fsp3) is 0.444. The Hall–Kier alpha value is -2.90. The SMILES string of the molecule is CCC(C)Cc1c(/C(C)=C/C(=C(/COC=O)C(C)=O)C(C)OC)nc2cc(F)ccc2c1CN. The van der Waals surface area contributed by atoms with E-state index in [1.54, 1.807) is 13.2 Å². The monoisotopic (exact) mass is 470 g/mol. The molecule has 0 saturated carbocycles. The first kappa shape index (κ1) is 27.3. The molecule has 0 aliphatic carbocycles. The van der Waals surface area contributed by atoms with Crippen molar-refractivity contribution in [3.05, 3.63) is 58.1 Å². The van der Waals surface area contributed by atoms with Crippen LogP contribution >= 0.6 is 0 Å². The van der Waals surface area contributed by atoms with Crippen LogP contribution in [-0.2, 0) is 32.0 Å². The maximum atomic E-state index is 14.1. The summed E-state index contributed by atoms with van der Waals surface area (Å²) in [7, 11) is 1.55. The van der Waals surface area contributed by atoms with Gasteiger partial charge in [-0.05, 0) is 67.5 Å². The summed E-state index contributed by atoms with van der Waals surface area (Å²) in [6.45, 7) is 9.88. The number of methoxy groups -OCH3 is 1. The van der Waals surface area contributed by atoms with Crippen molar-refractivity contribution >= 4 is 28.7 Å². The summed E-state index contributed by atoms with van der Waals surface area (Å²) >= 11 is 0. The topological polar surface area (TPSA) is 91.5 Å². The molecule has 2 aromatic rings. The molecule has 0 amide bonds. The van der Waals surface area contributed by atoms with Gasteiger partial charge in [0, 0.05) is 30.7 Å². The predicted octanol–water partition coefficient (Wildman–Crippen LogP) is 4.92. The van der Waals surface area contributed by atoms with E-state index in [9.17, 15) is 14.0 Å². The second kappa shape index (κ2) is 12.5. The number of benzene rings is 1. The lowest BCUT2D eigenvalue weighted by molar-refractivity contribution is -0.128. The summed E-state index contributed by atoms with van der Waals surface area (Å²) in [5.74, 6) is -0.206. The molecule has 0 saturated heterocycles. The minimum absolute atomic E-state index is 0.157. The van der Waals surface area contributed by atoms with Crippen molar-refractivity contribution in [2.45, 2.75) is 60.1 Å². The molecule has 0 aliphatic heterocycles. The standard InChI is InChI=1S/C27H35FN2O4/c1-7-16(2)10-23-24(13-29)21-9-8-20(28)12-26(21)30-27(23)17(3)11-22(19(5)33-6)25(18(4)32)14-34-15-31/h8-9,11-12,15-16,19H,7,10,13-14,29H2,1-6H3/b17-11+,25-22+. The molecule has 7 heteroatoms. The first-order valence-corrected chi connectivity index (χ1v) is 11.5. The lowest BCUT2D eigenvalue weighted by Crippen LogP contribution is -2.17. The molecule has 2 N–H and O–H groups in total. The highest BCUT2D eigenvalue weighted by Crippen LogP contribution is 2.32. The third kappa shape index (κ3) is 6.36. The Kier molecular flexibility index (Phi) is 10.1. The fourth-order valence-electron chi connectivity index (χ4n) is 4.00. The summed E-state index contributed by atoms with van der Waals surface area (Å²) in [5, 5.41) is 0.837. The summed E-state index contributed by atoms with van der Waals surface area (Å²) < 4.78 is 24.5. The fourth-order valence-corrected chi connectivity index (χ4v) is 4.00. The van der Waals surface area contributed by atoms with Crippen molar-refractivity contribution in [2.24, 2.45) is 11.7 Å². The third-order valence-corrected chi connectivity index (χ3v) is 6.23. The van der Waals surface area contributed by atoms with E-state index >= 15 is 0 Å². The molecule has 0 fully saturated rings. The number of fused-ring (bicyclic) bond motifs is 1. The number of Topliss-reactive ketones (excluding diaryl/α,β-unsaturated/α-hetero) is 1. The zero-order chi connectivity index (χ0) is 25.4. The zero-order valence-corrected chi connectivity index (χ0v) is 20.9. The van der Waals surface area contributed by atoms with Crippen LogP contribution in [0.5, 0.6) is 0 Å². The Balaban J connectivity index is 2.86. The van der Waals surface area contributed by atoms with Crippen LogP contribution in [0.3, 0.4) is 0 Å². The van der Waals surface area contributed by atoms with Gasteiger partial charge in [0.05, 0.1) is 17.3 Å². The number of nitrogens with two attached hydrogens (primary N) is 1. The van der Waals surface area contributed by atoms with Gasteiger partial charge in [-0.3, -0.25) is 9.59 Å².